The molecular weight excluding hydrogens is 316 g/mol. The van der Waals surface area contributed by atoms with Crippen LogP contribution < -0.4 is 4.74 Å². The van der Waals surface area contributed by atoms with Crippen molar-refractivity contribution < 1.29 is 19.4 Å². The van der Waals surface area contributed by atoms with Crippen molar-refractivity contribution in [2.45, 2.75) is 39.1 Å². The number of aliphatic hydroxyl groups excluding tert-OH is 1. The monoisotopic (exact) mass is 340 g/mol. The predicted octanol–water partition coefficient (Wildman–Crippen LogP) is 3.98. The Hall–Kier alpha value is -2.59. The van der Waals surface area contributed by atoms with Crippen molar-refractivity contribution in [3.05, 3.63) is 71.8 Å². The molecule has 132 valence electrons. The molecule has 0 amide bonds. The highest BCUT2D eigenvalue weighted by molar-refractivity contribution is 5.87. The van der Waals surface area contributed by atoms with Gasteiger partial charge in [0.05, 0.1) is 6.10 Å². The van der Waals surface area contributed by atoms with Crippen molar-refractivity contribution in [2.24, 2.45) is 0 Å². The normalized spacial score (nSPS) is 13.4. The van der Waals surface area contributed by atoms with E-state index in [0.29, 0.717) is 18.8 Å². The highest BCUT2D eigenvalue weighted by atomic mass is 16.5. The molecule has 0 saturated carbocycles. The standard InChI is InChI=1S/C21H24O4/c1-16(22)14-17(2)25-21(23)13-12-19-10-6-7-11-20(19)24-15-18-8-4-3-5-9-18/h3-13,16-17,22H,14-15H2,1-2H3/t16-,17+/m0/s1. The van der Waals surface area contributed by atoms with Gasteiger partial charge in [0.15, 0.2) is 0 Å². The smallest absolute Gasteiger partial charge is 0.331 e. The van der Waals surface area contributed by atoms with E-state index in [0.717, 1.165) is 11.1 Å². The Bertz CT molecular complexity index is 692. The summed E-state index contributed by atoms with van der Waals surface area (Å²) in [6.45, 7) is 3.89. The maximum atomic E-state index is 11.9. The number of carbonyl (C=O) groups excluding carboxylic acids is 1. The van der Waals surface area contributed by atoms with Crippen LogP contribution in [0.3, 0.4) is 0 Å². The first kappa shape index (κ1) is 18.7. The predicted molar refractivity (Wildman–Crippen MR) is 98.1 cm³/mol. The molecule has 1 N–H and O–H groups in total. The van der Waals surface area contributed by atoms with E-state index in [1.807, 2.05) is 54.6 Å². The van der Waals surface area contributed by atoms with Crippen LogP contribution in [0.25, 0.3) is 6.08 Å². The third-order valence-corrected chi connectivity index (χ3v) is 3.55. The number of para-hydroxylation sites is 1. The van der Waals surface area contributed by atoms with Crippen LogP contribution in [0.5, 0.6) is 5.75 Å². The van der Waals surface area contributed by atoms with Crippen LogP contribution in [-0.2, 0) is 16.1 Å². The second kappa shape index (κ2) is 9.64. The number of rotatable bonds is 8. The molecule has 2 aromatic carbocycles. The SMILES string of the molecule is C[C@H](O)C[C@@H](C)OC(=O)C=Cc1ccccc1OCc1ccccc1. The van der Waals surface area contributed by atoms with Crippen molar-refractivity contribution in [2.75, 3.05) is 0 Å². The zero-order valence-electron chi connectivity index (χ0n) is 14.6. The first-order chi connectivity index (χ1) is 12.0. The molecule has 4 heteroatoms. The second-order valence-electron chi connectivity index (χ2n) is 5.98. The van der Waals surface area contributed by atoms with Crippen LogP contribution in [0.1, 0.15) is 31.4 Å². The maximum absolute atomic E-state index is 11.9. The molecule has 0 heterocycles. The van der Waals surface area contributed by atoms with Crippen LogP contribution in [0.15, 0.2) is 60.7 Å². The van der Waals surface area contributed by atoms with Gasteiger partial charge in [-0.2, -0.15) is 0 Å². The van der Waals surface area contributed by atoms with Gasteiger partial charge in [0.25, 0.3) is 0 Å². The maximum Gasteiger partial charge on any atom is 0.331 e. The Morgan fingerprint density at radius 3 is 2.48 bits per heavy atom. The molecule has 0 fully saturated rings. The van der Waals surface area contributed by atoms with E-state index in [-0.39, 0.29) is 6.10 Å². The fourth-order valence-corrected chi connectivity index (χ4v) is 2.41. The quantitative estimate of drug-likeness (QED) is 0.583. The first-order valence-corrected chi connectivity index (χ1v) is 8.37. The van der Waals surface area contributed by atoms with Gasteiger partial charge < -0.3 is 14.6 Å². The minimum atomic E-state index is -0.501. The van der Waals surface area contributed by atoms with Crippen molar-refractivity contribution in [3.63, 3.8) is 0 Å². The summed E-state index contributed by atoms with van der Waals surface area (Å²) in [6.07, 6.45) is 2.64. The average Bonchev–Trinajstić information content (AvgIpc) is 2.59. The summed E-state index contributed by atoms with van der Waals surface area (Å²) in [5, 5.41) is 9.31. The number of esters is 1. The van der Waals surface area contributed by atoms with Gasteiger partial charge in [-0.25, -0.2) is 4.79 Å². The first-order valence-electron chi connectivity index (χ1n) is 8.37. The lowest BCUT2D eigenvalue weighted by atomic mass is 10.2. The molecular formula is C21H24O4. The summed E-state index contributed by atoms with van der Waals surface area (Å²) in [4.78, 5) is 11.9. The number of benzene rings is 2. The van der Waals surface area contributed by atoms with Gasteiger partial charge in [-0.15, -0.1) is 0 Å². The minimum absolute atomic E-state index is 0.332. The molecule has 0 unspecified atom stereocenters. The summed E-state index contributed by atoms with van der Waals surface area (Å²) in [7, 11) is 0. The Morgan fingerprint density at radius 1 is 1.08 bits per heavy atom. The third kappa shape index (κ3) is 6.81. The molecule has 2 atom stereocenters. The molecule has 25 heavy (non-hydrogen) atoms. The van der Waals surface area contributed by atoms with E-state index in [1.54, 1.807) is 19.9 Å². The molecule has 2 aromatic rings. The Kier molecular flexibility index (Phi) is 7.23. The molecule has 0 aliphatic carbocycles. The van der Waals surface area contributed by atoms with Gasteiger partial charge >= 0.3 is 5.97 Å². The molecule has 0 saturated heterocycles. The Labute approximate surface area is 148 Å². The lowest BCUT2D eigenvalue weighted by molar-refractivity contribution is -0.143. The molecule has 0 bridgehead atoms. The second-order valence-corrected chi connectivity index (χ2v) is 5.98. The van der Waals surface area contributed by atoms with Gasteiger partial charge in [-0.3, -0.25) is 0 Å². The van der Waals surface area contributed by atoms with Crippen molar-refractivity contribution in [1.82, 2.24) is 0 Å². The van der Waals surface area contributed by atoms with Crippen LogP contribution >= 0.6 is 0 Å². The Morgan fingerprint density at radius 2 is 1.76 bits per heavy atom. The lowest BCUT2D eigenvalue weighted by Gasteiger charge is -2.13. The fraction of sp³-hybridized carbons (Fsp3) is 0.286. The van der Waals surface area contributed by atoms with Crippen LogP contribution in [-0.4, -0.2) is 23.3 Å². The van der Waals surface area contributed by atoms with Gasteiger partial charge in [0, 0.05) is 18.1 Å². The summed E-state index contributed by atoms with van der Waals surface area (Å²) in [5.41, 5.74) is 1.88. The molecule has 4 nitrogen and oxygen atoms in total. The van der Waals surface area contributed by atoms with Crippen LogP contribution in [0.4, 0.5) is 0 Å². The van der Waals surface area contributed by atoms with Crippen molar-refractivity contribution in [1.29, 1.82) is 0 Å². The summed E-state index contributed by atoms with van der Waals surface area (Å²) < 4.78 is 11.1. The van der Waals surface area contributed by atoms with E-state index in [9.17, 15) is 9.90 Å². The van der Waals surface area contributed by atoms with Gasteiger partial charge in [0.1, 0.15) is 18.5 Å². The number of ether oxygens (including phenoxy) is 2. The molecule has 0 aromatic heterocycles. The summed E-state index contributed by atoms with van der Waals surface area (Å²) >= 11 is 0. The lowest BCUT2D eigenvalue weighted by Crippen LogP contribution is -2.18. The number of carbonyl (C=O) groups is 1. The van der Waals surface area contributed by atoms with Gasteiger partial charge in [-0.05, 0) is 31.6 Å². The molecule has 0 spiro atoms. The van der Waals surface area contributed by atoms with E-state index in [4.69, 9.17) is 9.47 Å². The molecule has 0 aliphatic rings. The minimum Gasteiger partial charge on any atom is -0.488 e. The van der Waals surface area contributed by atoms with Crippen molar-refractivity contribution in [3.8, 4) is 5.75 Å². The molecule has 0 aliphatic heterocycles. The fourth-order valence-electron chi connectivity index (χ4n) is 2.41. The van der Waals surface area contributed by atoms with Crippen LogP contribution in [0.2, 0.25) is 0 Å². The number of hydrogen-bond acceptors (Lipinski definition) is 4. The highest BCUT2D eigenvalue weighted by Crippen LogP contribution is 2.21. The molecule has 0 radical (unpaired) electrons. The average molecular weight is 340 g/mol. The molecule has 2 rings (SSSR count). The van der Waals surface area contributed by atoms with Gasteiger partial charge in [-0.1, -0.05) is 48.5 Å². The third-order valence-electron chi connectivity index (χ3n) is 3.55. The van der Waals surface area contributed by atoms with Crippen molar-refractivity contribution >= 4 is 12.0 Å². The van der Waals surface area contributed by atoms with E-state index < -0.39 is 12.1 Å². The zero-order valence-corrected chi connectivity index (χ0v) is 14.6. The summed E-state index contributed by atoms with van der Waals surface area (Å²) in [6, 6.07) is 17.4. The van der Waals surface area contributed by atoms with E-state index >= 15 is 0 Å². The number of aliphatic hydroxyl groups is 1. The number of hydrogen-bond donors (Lipinski definition) is 1. The van der Waals surface area contributed by atoms with Crippen LogP contribution in [0, 0.1) is 0 Å². The zero-order chi connectivity index (χ0) is 18.1. The highest BCUT2D eigenvalue weighted by Gasteiger charge is 2.10. The van der Waals surface area contributed by atoms with E-state index in [1.165, 1.54) is 6.08 Å². The Balaban J connectivity index is 1.96. The van der Waals surface area contributed by atoms with Gasteiger partial charge in [0.2, 0.25) is 0 Å². The topological polar surface area (TPSA) is 55.8 Å². The largest absolute Gasteiger partial charge is 0.488 e. The van der Waals surface area contributed by atoms with E-state index in [2.05, 4.69) is 0 Å². The summed E-state index contributed by atoms with van der Waals surface area (Å²) in [5.74, 6) is 0.262.